The van der Waals surface area contributed by atoms with E-state index in [2.05, 4.69) is 11.6 Å². The summed E-state index contributed by atoms with van der Waals surface area (Å²) in [6.45, 7) is 4.01. The summed E-state index contributed by atoms with van der Waals surface area (Å²) in [5.41, 5.74) is 1.91. The molecule has 0 saturated heterocycles. The van der Waals surface area contributed by atoms with E-state index in [-0.39, 0.29) is 5.75 Å². The highest BCUT2D eigenvalue weighted by Gasteiger charge is 2.08. The minimum atomic E-state index is -3.16. The predicted octanol–water partition coefficient (Wildman–Crippen LogP) is 3.18. The lowest BCUT2D eigenvalue weighted by Gasteiger charge is -2.07. The zero-order valence-corrected chi connectivity index (χ0v) is 11.4. The molecule has 1 rings (SSSR count). The standard InChI is InChI=1S/C13H21NO2S/c1-3-5-6-12-7-9-13(10-8-12)14-17(15,16)11-4-2/h7-10,14H,3-6,11H2,1-2H3. The Balaban J connectivity index is 2.62. The van der Waals surface area contributed by atoms with Gasteiger partial charge in [-0.2, -0.15) is 0 Å². The van der Waals surface area contributed by atoms with Crippen molar-refractivity contribution < 1.29 is 8.42 Å². The van der Waals surface area contributed by atoms with Crippen molar-refractivity contribution in [1.82, 2.24) is 0 Å². The Morgan fingerprint density at radius 1 is 1.06 bits per heavy atom. The van der Waals surface area contributed by atoms with E-state index in [0.29, 0.717) is 12.1 Å². The minimum Gasteiger partial charge on any atom is -0.284 e. The van der Waals surface area contributed by atoms with Crippen LogP contribution in [0.1, 0.15) is 38.7 Å². The first-order valence-corrected chi connectivity index (χ1v) is 7.82. The van der Waals surface area contributed by atoms with Crippen molar-refractivity contribution >= 4 is 15.7 Å². The van der Waals surface area contributed by atoms with Gasteiger partial charge in [0.1, 0.15) is 0 Å². The Hall–Kier alpha value is -1.03. The van der Waals surface area contributed by atoms with E-state index < -0.39 is 10.0 Å². The molecule has 0 atom stereocenters. The van der Waals surface area contributed by atoms with Crippen LogP contribution in [0.3, 0.4) is 0 Å². The zero-order chi connectivity index (χ0) is 12.7. The fourth-order valence-corrected chi connectivity index (χ4v) is 2.75. The first kappa shape index (κ1) is 14.0. The van der Waals surface area contributed by atoms with E-state index in [9.17, 15) is 8.42 Å². The van der Waals surface area contributed by atoms with Crippen LogP contribution < -0.4 is 4.72 Å². The van der Waals surface area contributed by atoms with Crippen LogP contribution in [-0.2, 0) is 16.4 Å². The summed E-state index contributed by atoms with van der Waals surface area (Å²) < 4.78 is 25.7. The zero-order valence-electron chi connectivity index (χ0n) is 10.6. The second-order valence-corrected chi connectivity index (χ2v) is 6.06. The van der Waals surface area contributed by atoms with E-state index in [0.717, 1.165) is 6.42 Å². The maximum absolute atomic E-state index is 11.5. The molecule has 96 valence electrons. The van der Waals surface area contributed by atoms with Gasteiger partial charge >= 0.3 is 0 Å². The van der Waals surface area contributed by atoms with E-state index in [4.69, 9.17) is 0 Å². The van der Waals surface area contributed by atoms with Gasteiger partial charge in [0.25, 0.3) is 0 Å². The van der Waals surface area contributed by atoms with Crippen LogP contribution in [0.5, 0.6) is 0 Å². The third-order valence-electron chi connectivity index (χ3n) is 2.52. The largest absolute Gasteiger partial charge is 0.284 e. The molecule has 0 amide bonds. The first-order valence-electron chi connectivity index (χ1n) is 6.17. The molecule has 0 saturated carbocycles. The molecule has 4 heteroatoms. The number of sulfonamides is 1. The van der Waals surface area contributed by atoms with Gasteiger partial charge in [-0.1, -0.05) is 32.4 Å². The maximum Gasteiger partial charge on any atom is 0.232 e. The van der Waals surface area contributed by atoms with Crippen LogP contribution in [0, 0.1) is 0 Å². The topological polar surface area (TPSA) is 46.2 Å². The van der Waals surface area contributed by atoms with Crippen molar-refractivity contribution in [2.45, 2.75) is 39.5 Å². The van der Waals surface area contributed by atoms with Crippen LogP contribution in [-0.4, -0.2) is 14.2 Å². The molecule has 1 N–H and O–H groups in total. The van der Waals surface area contributed by atoms with Crippen LogP contribution in [0.25, 0.3) is 0 Å². The highest BCUT2D eigenvalue weighted by Crippen LogP contribution is 2.13. The van der Waals surface area contributed by atoms with E-state index in [1.165, 1.54) is 18.4 Å². The summed E-state index contributed by atoms with van der Waals surface area (Å²) in [4.78, 5) is 0. The summed E-state index contributed by atoms with van der Waals surface area (Å²) in [6, 6.07) is 7.63. The Morgan fingerprint density at radius 2 is 1.71 bits per heavy atom. The Labute approximate surface area is 104 Å². The lowest BCUT2D eigenvalue weighted by atomic mass is 10.1. The fraction of sp³-hybridized carbons (Fsp3) is 0.538. The molecule has 0 spiro atoms. The number of hydrogen-bond acceptors (Lipinski definition) is 2. The van der Waals surface area contributed by atoms with Crippen molar-refractivity contribution in [2.75, 3.05) is 10.5 Å². The van der Waals surface area contributed by atoms with Gasteiger partial charge in [0, 0.05) is 5.69 Å². The smallest absolute Gasteiger partial charge is 0.232 e. The van der Waals surface area contributed by atoms with Crippen molar-refractivity contribution in [1.29, 1.82) is 0 Å². The highest BCUT2D eigenvalue weighted by atomic mass is 32.2. The lowest BCUT2D eigenvalue weighted by molar-refractivity contribution is 0.600. The van der Waals surface area contributed by atoms with Gasteiger partial charge in [-0.3, -0.25) is 4.72 Å². The lowest BCUT2D eigenvalue weighted by Crippen LogP contribution is -2.15. The van der Waals surface area contributed by atoms with Crippen LogP contribution >= 0.6 is 0 Å². The quantitative estimate of drug-likeness (QED) is 0.813. The molecule has 0 unspecified atom stereocenters. The highest BCUT2D eigenvalue weighted by molar-refractivity contribution is 7.92. The first-order chi connectivity index (χ1) is 8.07. The number of benzene rings is 1. The van der Waals surface area contributed by atoms with Gasteiger partial charge in [0.05, 0.1) is 5.75 Å². The number of rotatable bonds is 7. The third-order valence-corrected chi connectivity index (χ3v) is 4.01. The molecule has 3 nitrogen and oxygen atoms in total. The molecule has 0 fully saturated rings. The maximum atomic E-state index is 11.5. The summed E-state index contributed by atoms with van der Waals surface area (Å²) in [6.07, 6.45) is 4.02. The Bertz CT molecular complexity index is 423. The molecule has 0 heterocycles. The predicted molar refractivity (Wildman–Crippen MR) is 72.8 cm³/mol. The summed E-state index contributed by atoms with van der Waals surface area (Å²) >= 11 is 0. The molecule has 17 heavy (non-hydrogen) atoms. The summed E-state index contributed by atoms with van der Waals surface area (Å²) in [5, 5.41) is 0. The molecule has 0 radical (unpaired) electrons. The Morgan fingerprint density at radius 3 is 2.24 bits per heavy atom. The molecule has 0 bridgehead atoms. The monoisotopic (exact) mass is 255 g/mol. The molecule has 0 aliphatic heterocycles. The molecule has 0 aliphatic carbocycles. The Kier molecular flexibility index (Phi) is 5.48. The van der Waals surface area contributed by atoms with Crippen molar-refractivity contribution in [3.63, 3.8) is 0 Å². The minimum absolute atomic E-state index is 0.171. The number of nitrogens with one attached hydrogen (secondary N) is 1. The average Bonchev–Trinajstić information content (AvgIpc) is 2.27. The third kappa shape index (κ3) is 5.22. The van der Waals surface area contributed by atoms with Gasteiger partial charge in [0.15, 0.2) is 0 Å². The molecule has 1 aromatic carbocycles. The van der Waals surface area contributed by atoms with Crippen molar-refractivity contribution in [3.8, 4) is 0 Å². The number of aryl methyl sites for hydroxylation is 1. The van der Waals surface area contributed by atoms with E-state index >= 15 is 0 Å². The van der Waals surface area contributed by atoms with Gasteiger partial charge in [-0.25, -0.2) is 8.42 Å². The fourth-order valence-electron chi connectivity index (χ4n) is 1.62. The van der Waals surface area contributed by atoms with E-state index in [1.807, 2.05) is 31.2 Å². The number of unbranched alkanes of at least 4 members (excludes halogenated alkanes) is 1. The molecular weight excluding hydrogens is 234 g/mol. The number of hydrogen-bond donors (Lipinski definition) is 1. The number of anilines is 1. The van der Waals surface area contributed by atoms with Crippen LogP contribution in [0.4, 0.5) is 5.69 Å². The summed E-state index contributed by atoms with van der Waals surface area (Å²) in [5.74, 6) is 0.171. The van der Waals surface area contributed by atoms with Crippen LogP contribution in [0.15, 0.2) is 24.3 Å². The normalized spacial score (nSPS) is 11.4. The van der Waals surface area contributed by atoms with Gasteiger partial charge < -0.3 is 0 Å². The molecular formula is C13H21NO2S. The van der Waals surface area contributed by atoms with Gasteiger partial charge in [-0.15, -0.1) is 0 Å². The SMILES string of the molecule is CCCCc1ccc(NS(=O)(=O)CCC)cc1. The molecule has 0 aliphatic rings. The molecule has 0 aromatic heterocycles. The van der Waals surface area contributed by atoms with Crippen molar-refractivity contribution in [2.24, 2.45) is 0 Å². The van der Waals surface area contributed by atoms with Crippen LogP contribution in [0.2, 0.25) is 0 Å². The van der Waals surface area contributed by atoms with Crippen molar-refractivity contribution in [3.05, 3.63) is 29.8 Å². The molecule has 1 aromatic rings. The average molecular weight is 255 g/mol. The van der Waals surface area contributed by atoms with E-state index in [1.54, 1.807) is 0 Å². The van der Waals surface area contributed by atoms with Gasteiger partial charge in [-0.05, 0) is 37.0 Å². The second-order valence-electron chi connectivity index (χ2n) is 4.22. The van der Waals surface area contributed by atoms with Gasteiger partial charge in [0.2, 0.25) is 10.0 Å². The summed E-state index contributed by atoms with van der Waals surface area (Å²) in [7, 11) is -3.16. The second kappa shape index (κ2) is 6.64.